The first-order valence-corrected chi connectivity index (χ1v) is 20.5. The van der Waals surface area contributed by atoms with E-state index in [0.717, 1.165) is 12.8 Å². The summed E-state index contributed by atoms with van der Waals surface area (Å²) in [4.78, 5) is 23.6. The Balaban J connectivity index is 0.946. The van der Waals surface area contributed by atoms with E-state index in [0.29, 0.717) is 56.5 Å². The van der Waals surface area contributed by atoms with Gasteiger partial charge >= 0.3 is 12.4 Å². The molecule has 0 N–H and O–H groups in total. The number of ether oxygens (including phenoxy) is 4. The Morgan fingerprint density at radius 2 is 1.02 bits per heavy atom. The molecule has 0 aromatic rings. The van der Waals surface area contributed by atoms with E-state index in [4.69, 9.17) is 38.5 Å². The molecule has 8 nitrogen and oxygen atoms in total. The SMILES string of the molecule is C[C@@H]1CC[C@H]2C(CSCCCSCC3=C(C(F)(F)F)O[C@@H]4O[C@]5(C)CCC6[C@H](C)CC[C@@H]3[C@]64OO5)=C(C(F)(F)F)OC3O[C@]4(C)CCC1[C@]32OO4. The topological polar surface area (TPSA) is 73.8 Å². The molecule has 51 heavy (non-hydrogen) atoms. The lowest BCUT2D eigenvalue weighted by molar-refractivity contribution is -0.557. The first-order chi connectivity index (χ1) is 24.0. The second-order valence-corrected chi connectivity index (χ2v) is 18.3. The molecule has 10 aliphatic rings. The van der Waals surface area contributed by atoms with Crippen molar-refractivity contribution in [1.82, 2.24) is 0 Å². The zero-order chi connectivity index (χ0) is 36.2. The van der Waals surface area contributed by atoms with Crippen molar-refractivity contribution < 1.29 is 64.8 Å². The van der Waals surface area contributed by atoms with Crippen molar-refractivity contribution in [3.63, 3.8) is 0 Å². The fourth-order valence-corrected chi connectivity index (χ4v) is 12.7. The maximum atomic E-state index is 14.5. The summed E-state index contributed by atoms with van der Waals surface area (Å²) < 4.78 is 111. The van der Waals surface area contributed by atoms with Gasteiger partial charge in [-0.2, -0.15) is 49.9 Å². The van der Waals surface area contributed by atoms with Crippen LogP contribution in [0.4, 0.5) is 26.3 Å². The van der Waals surface area contributed by atoms with Crippen LogP contribution in [-0.4, -0.2) is 70.7 Å². The van der Waals surface area contributed by atoms with Gasteiger partial charge in [-0.1, -0.05) is 13.8 Å². The molecular weight excluding hydrogens is 726 g/mol. The average Bonchev–Trinajstić information content (AvgIpc) is 3.43. The number of halogens is 6. The summed E-state index contributed by atoms with van der Waals surface area (Å²) in [5.41, 5.74) is -2.00. The smallest absolute Gasteiger partial charge is 0.449 e. The maximum absolute atomic E-state index is 14.5. The molecule has 8 fully saturated rings. The van der Waals surface area contributed by atoms with Gasteiger partial charge in [0.15, 0.2) is 11.2 Å². The van der Waals surface area contributed by atoms with Crippen molar-refractivity contribution in [2.24, 2.45) is 35.5 Å². The lowest BCUT2D eigenvalue weighted by atomic mass is 9.59. The van der Waals surface area contributed by atoms with Gasteiger partial charge in [0.05, 0.1) is 0 Å². The van der Waals surface area contributed by atoms with E-state index in [-0.39, 0.29) is 46.3 Å². The van der Waals surface area contributed by atoms with Crippen LogP contribution in [0.2, 0.25) is 0 Å². The highest BCUT2D eigenvalue weighted by Crippen LogP contribution is 2.63. The minimum atomic E-state index is -4.71. The van der Waals surface area contributed by atoms with Crippen LogP contribution < -0.4 is 0 Å². The standard InChI is InChI=1S/C35H46F6O8S2/c1-18-6-8-24-20(26(34(36,37)38)42-28-32(24)22(18)10-12-30(3,44-28)46-48-32)16-50-14-5-15-51-17-21-25-9-7-19(2)23-11-13-31(4)45-29(33(23,25)49-47-31)43-27(21)35(39,40)41/h18-19,22-25,28-29H,5-17H2,1-4H3/t18-,19-,22?,23?,24+,25+,28-,29?,30+,31+,32-,33-/m1/s1. The Morgan fingerprint density at radius 3 is 1.41 bits per heavy atom. The highest BCUT2D eigenvalue weighted by Gasteiger charge is 2.71. The van der Waals surface area contributed by atoms with Crippen LogP contribution in [-0.2, 0) is 38.5 Å². The monoisotopic (exact) mass is 772 g/mol. The van der Waals surface area contributed by atoms with Gasteiger partial charge in [-0.15, -0.1) is 0 Å². The Bertz CT molecular complexity index is 1340. The molecule has 10 rings (SSSR count). The van der Waals surface area contributed by atoms with E-state index in [1.54, 1.807) is 13.8 Å². The van der Waals surface area contributed by atoms with Crippen molar-refractivity contribution in [3.05, 3.63) is 22.7 Å². The third-order valence-electron chi connectivity index (χ3n) is 12.9. The molecule has 2 spiro atoms. The molecule has 288 valence electrons. The first-order valence-electron chi connectivity index (χ1n) is 18.2. The molecule has 2 saturated carbocycles. The molecule has 8 heterocycles. The highest BCUT2D eigenvalue weighted by molar-refractivity contribution is 8.00. The molecule has 3 unspecified atom stereocenters. The van der Waals surface area contributed by atoms with Gasteiger partial charge in [0.25, 0.3) is 0 Å². The fourth-order valence-electron chi connectivity index (χ4n) is 10.4. The van der Waals surface area contributed by atoms with E-state index in [1.165, 1.54) is 23.5 Å². The highest BCUT2D eigenvalue weighted by atomic mass is 32.2. The quantitative estimate of drug-likeness (QED) is 0.136. The van der Waals surface area contributed by atoms with Gasteiger partial charge < -0.3 is 18.9 Å². The van der Waals surface area contributed by atoms with Crippen LogP contribution in [0.3, 0.4) is 0 Å². The Hall–Kier alpha value is -0.880. The second kappa shape index (κ2) is 12.8. The van der Waals surface area contributed by atoms with Crippen molar-refractivity contribution in [1.29, 1.82) is 0 Å². The summed E-state index contributed by atoms with van der Waals surface area (Å²) in [6.45, 7) is 7.53. The van der Waals surface area contributed by atoms with E-state index < -0.39 is 71.1 Å². The van der Waals surface area contributed by atoms with Crippen LogP contribution in [0.1, 0.15) is 85.5 Å². The molecule has 0 aromatic carbocycles. The van der Waals surface area contributed by atoms with Gasteiger partial charge in [-0.05, 0) is 93.3 Å². The van der Waals surface area contributed by atoms with E-state index >= 15 is 0 Å². The molecule has 8 aliphatic heterocycles. The summed E-state index contributed by atoms with van der Waals surface area (Å²) in [7, 11) is 0. The number of fused-ring (bicyclic) bond motifs is 4. The number of thioether (sulfide) groups is 2. The molecule has 4 bridgehead atoms. The number of hydrogen-bond donors (Lipinski definition) is 0. The molecule has 12 atom stereocenters. The van der Waals surface area contributed by atoms with E-state index in [9.17, 15) is 26.3 Å². The van der Waals surface area contributed by atoms with Crippen molar-refractivity contribution >= 4 is 23.5 Å². The number of rotatable bonds is 8. The van der Waals surface area contributed by atoms with Gasteiger partial charge in [-0.25, -0.2) is 19.6 Å². The third kappa shape index (κ3) is 5.97. The summed E-state index contributed by atoms with van der Waals surface area (Å²) in [6.07, 6.45) is -6.43. The van der Waals surface area contributed by atoms with E-state index in [2.05, 4.69) is 13.8 Å². The Kier molecular flexibility index (Phi) is 9.33. The van der Waals surface area contributed by atoms with Gasteiger partial charge in [0.1, 0.15) is 0 Å². The second-order valence-electron chi connectivity index (χ2n) is 16.1. The first kappa shape index (κ1) is 37.1. The molecule has 2 aliphatic carbocycles. The number of allylic oxidation sites excluding steroid dienone is 2. The van der Waals surface area contributed by atoms with E-state index in [1.807, 2.05) is 0 Å². The van der Waals surface area contributed by atoms with Crippen molar-refractivity contribution in [3.8, 4) is 0 Å². The lowest BCUT2D eigenvalue weighted by Gasteiger charge is -2.57. The average molecular weight is 773 g/mol. The molecule has 16 heteroatoms. The van der Waals surface area contributed by atoms with Crippen LogP contribution in [0.25, 0.3) is 0 Å². The number of alkyl halides is 6. The largest absolute Gasteiger partial charge is 0.456 e. The molecule has 0 aromatic heterocycles. The summed E-state index contributed by atoms with van der Waals surface area (Å²) in [5, 5.41) is 0. The molecular formula is C35H46F6O8S2. The lowest BCUT2D eigenvalue weighted by Crippen LogP contribution is -2.67. The minimum Gasteiger partial charge on any atom is -0.456 e. The van der Waals surface area contributed by atoms with Gasteiger partial charge in [0, 0.05) is 48.0 Å². The van der Waals surface area contributed by atoms with Crippen LogP contribution >= 0.6 is 23.5 Å². The Labute approximate surface area is 302 Å². The minimum absolute atomic E-state index is 0.0827. The predicted molar refractivity (Wildman–Crippen MR) is 173 cm³/mol. The molecule has 6 saturated heterocycles. The van der Waals surface area contributed by atoms with Crippen molar-refractivity contribution in [2.45, 2.75) is 133 Å². The normalized spacial score (nSPS) is 46.2. The molecule has 0 amide bonds. The summed E-state index contributed by atoms with van der Waals surface area (Å²) in [5.74, 6) is -4.14. The van der Waals surface area contributed by atoms with Gasteiger partial charge in [-0.3, -0.25) is 0 Å². The molecule has 0 radical (unpaired) electrons. The summed E-state index contributed by atoms with van der Waals surface area (Å²) in [6, 6.07) is 0. The van der Waals surface area contributed by atoms with Crippen LogP contribution in [0.15, 0.2) is 22.7 Å². The third-order valence-corrected chi connectivity index (χ3v) is 15.1. The zero-order valence-corrected chi connectivity index (χ0v) is 30.8. The summed E-state index contributed by atoms with van der Waals surface area (Å²) >= 11 is 2.73. The number of hydrogen-bond acceptors (Lipinski definition) is 10. The van der Waals surface area contributed by atoms with Crippen LogP contribution in [0, 0.1) is 35.5 Å². The fraction of sp³-hybridized carbons (Fsp3) is 0.886. The predicted octanol–water partition coefficient (Wildman–Crippen LogP) is 8.97. The Morgan fingerprint density at radius 1 is 0.608 bits per heavy atom. The zero-order valence-electron chi connectivity index (χ0n) is 29.2. The van der Waals surface area contributed by atoms with Crippen LogP contribution in [0.5, 0.6) is 0 Å². The maximum Gasteiger partial charge on any atom is 0.449 e. The van der Waals surface area contributed by atoms with Crippen molar-refractivity contribution in [2.75, 3.05) is 23.0 Å². The van der Waals surface area contributed by atoms with Gasteiger partial charge in [0.2, 0.25) is 35.7 Å².